The lowest BCUT2D eigenvalue weighted by Crippen LogP contribution is -2.23. The van der Waals surface area contributed by atoms with Gasteiger partial charge in [-0.15, -0.1) is 0 Å². The molecule has 0 bridgehead atoms. The zero-order chi connectivity index (χ0) is 24.7. The van der Waals surface area contributed by atoms with Gasteiger partial charge in [0, 0.05) is 37.5 Å². The molecule has 3 rings (SSSR count). The third kappa shape index (κ3) is 5.80. The maximum Gasteiger partial charge on any atom is 0.338 e. The van der Waals surface area contributed by atoms with E-state index < -0.39 is 0 Å². The largest absolute Gasteiger partial charge is 0.493 e. The van der Waals surface area contributed by atoms with Crippen LogP contribution in [0.3, 0.4) is 0 Å². The molecule has 1 fully saturated rings. The molecule has 0 aliphatic carbocycles. The van der Waals surface area contributed by atoms with Crippen molar-refractivity contribution in [1.29, 1.82) is 0 Å². The van der Waals surface area contributed by atoms with Gasteiger partial charge in [-0.3, -0.25) is 9.69 Å². The zero-order valence-corrected chi connectivity index (χ0v) is 21.1. The Kier molecular flexibility index (Phi) is 8.76. The SMILES string of the molecule is CCOC(=O)c1ccc(N=C2SC(=Cc3ccc(N(CC)CC)cc3OCC)C(=O)N2C)cc1. The van der Waals surface area contributed by atoms with Gasteiger partial charge in [-0.1, -0.05) is 0 Å². The van der Waals surface area contributed by atoms with Crippen LogP contribution >= 0.6 is 11.8 Å². The number of rotatable bonds is 9. The molecule has 2 aromatic carbocycles. The van der Waals surface area contributed by atoms with Gasteiger partial charge in [0.2, 0.25) is 0 Å². The first-order valence-electron chi connectivity index (χ1n) is 11.5. The Hall–Kier alpha value is -3.26. The van der Waals surface area contributed by atoms with Crippen molar-refractivity contribution >= 4 is 46.3 Å². The fourth-order valence-electron chi connectivity index (χ4n) is 3.50. The number of aliphatic imine (C=N–C) groups is 1. The van der Waals surface area contributed by atoms with Crippen LogP contribution in [0.15, 0.2) is 52.4 Å². The maximum atomic E-state index is 12.9. The van der Waals surface area contributed by atoms with E-state index in [1.165, 1.54) is 16.7 Å². The highest BCUT2D eigenvalue weighted by molar-refractivity contribution is 8.18. The molecule has 1 aliphatic rings. The van der Waals surface area contributed by atoms with E-state index in [0.717, 1.165) is 30.1 Å². The number of carbonyl (C=O) groups excluding carboxylic acids is 2. The number of thioether (sulfide) groups is 1. The molecule has 0 aromatic heterocycles. The van der Waals surface area contributed by atoms with Crippen molar-refractivity contribution in [1.82, 2.24) is 4.90 Å². The lowest BCUT2D eigenvalue weighted by Gasteiger charge is -2.22. The van der Waals surface area contributed by atoms with Crippen LogP contribution in [0.5, 0.6) is 5.75 Å². The standard InChI is InChI=1S/C26H31N3O4S/c1-6-29(7-2)21-15-12-19(22(17-21)32-8-3)16-23-24(30)28(5)26(34-23)27-20-13-10-18(11-14-20)25(31)33-9-4/h10-17H,6-9H2,1-5H3. The predicted octanol–water partition coefficient (Wildman–Crippen LogP) is 5.34. The molecule has 1 aliphatic heterocycles. The molecule has 0 radical (unpaired) electrons. The van der Waals surface area contributed by atoms with Gasteiger partial charge in [0.1, 0.15) is 5.75 Å². The summed E-state index contributed by atoms with van der Waals surface area (Å²) in [6, 6.07) is 12.9. The molecule has 0 spiro atoms. The van der Waals surface area contributed by atoms with Crippen molar-refractivity contribution in [3.8, 4) is 5.75 Å². The fraction of sp³-hybridized carbons (Fsp3) is 0.346. The molecular formula is C26H31N3O4S. The second-order valence-corrected chi connectivity index (χ2v) is 8.47. The normalized spacial score (nSPS) is 15.8. The number of amides is 1. The van der Waals surface area contributed by atoms with Gasteiger partial charge in [-0.25, -0.2) is 9.79 Å². The minimum atomic E-state index is -0.369. The van der Waals surface area contributed by atoms with Gasteiger partial charge in [0.25, 0.3) is 5.91 Å². The van der Waals surface area contributed by atoms with Crippen LogP contribution in [-0.2, 0) is 9.53 Å². The zero-order valence-electron chi connectivity index (χ0n) is 20.3. The summed E-state index contributed by atoms with van der Waals surface area (Å²) in [6.07, 6.45) is 1.85. The Morgan fingerprint density at radius 2 is 1.76 bits per heavy atom. The molecule has 1 heterocycles. The molecular weight excluding hydrogens is 450 g/mol. The van der Waals surface area contributed by atoms with E-state index in [1.807, 2.05) is 25.1 Å². The molecule has 34 heavy (non-hydrogen) atoms. The van der Waals surface area contributed by atoms with Crippen LogP contribution in [-0.4, -0.2) is 55.3 Å². The van der Waals surface area contributed by atoms with E-state index in [9.17, 15) is 9.59 Å². The van der Waals surface area contributed by atoms with Crippen molar-refractivity contribution in [2.45, 2.75) is 27.7 Å². The molecule has 180 valence electrons. The van der Waals surface area contributed by atoms with Gasteiger partial charge in [0.15, 0.2) is 5.17 Å². The number of amidine groups is 1. The smallest absolute Gasteiger partial charge is 0.338 e. The maximum absolute atomic E-state index is 12.9. The van der Waals surface area contributed by atoms with Crippen molar-refractivity contribution in [3.05, 3.63) is 58.5 Å². The number of likely N-dealkylation sites (N-methyl/N-ethyl adjacent to an activating group) is 1. The third-order valence-electron chi connectivity index (χ3n) is 5.32. The van der Waals surface area contributed by atoms with E-state index in [-0.39, 0.29) is 11.9 Å². The van der Waals surface area contributed by atoms with Crippen LogP contribution in [0.25, 0.3) is 6.08 Å². The average molecular weight is 482 g/mol. The predicted molar refractivity (Wildman–Crippen MR) is 139 cm³/mol. The third-order valence-corrected chi connectivity index (χ3v) is 6.38. The van der Waals surface area contributed by atoms with Crippen molar-refractivity contribution in [2.75, 3.05) is 38.3 Å². The van der Waals surface area contributed by atoms with Crippen molar-refractivity contribution in [2.24, 2.45) is 4.99 Å². The van der Waals surface area contributed by atoms with Crippen LogP contribution < -0.4 is 9.64 Å². The number of esters is 1. The number of ether oxygens (including phenoxy) is 2. The van der Waals surface area contributed by atoms with E-state index in [4.69, 9.17) is 9.47 Å². The van der Waals surface area contributed by atoms with E-state index in [2.05, 4.69) is 29.8 Å². The van der Waals surface area contributed by atoms with Crippen LogP contribution in [0.1, 0.15) is 43.6 Å². The summed E-state index contributed by atoms with van der Waals surface area (Å²) in [6.45, 7) is 10.6. The number of benzene rings is 2. The lowest BCUT2D eigenvalue weighted by molar-refractivity contribution is -0.121. The molecule has 1 amide bonds. The highest BCUT2D eigenvalue weighted by atomic mass is 32.2. The van der Waals surface area contributed by atoms with Gasteiger partial charge < -0.3 is 14.4 Å². The van der Waals surface area contributed by atoms with E-state index in [0.29, 0.717) is 34.5 Å². The monoisotopic (exact) mass is 481 g/mol. The van der Waals surface area contributed by atoms with Crippen LogP contribution in [0.2, 0.25) is 0 Å². The van der Waals surface area contributed by atoms with Gasteiger partial charge >= 0.3 is 5.97 Å². The Morgan fingerprint density at radius 3 is 2.38 bits per heavy atom. The highest BCUT2D eigenvalue weighted by Gasteiger charge is 2.30. The number of hydrogen-bond acceptors (Lipinski definition) is 7. The van der Waals surface area contributed by atoms with Gasteiger partial charge in [0.05, 0.1) is 29.4 Å². The van der Waals surface area contributed by atoms with Crippen molar-refractivity contribution < 1.29 is 19.1 Å². The minimum absolute atomic E-state index is 0.123. The summed E-state index contributed by atoms with van der Waals surface area (Å²) in [5.41, 5.74) is 3.05. The highest BCUT2D eigenvalue weighted by Crippen LogP contribution is 2.36. The molecule has 2 aromatic rings. The number of carbonyl (C=O) groups is 2. The first-order chi connectivity index (χ1) is 16.4. The fourth-order valence-corrected chi connectivity index (χ4v) is 4.48. The summed E-state index contributed by atoms with van der Waals surface area (Å²) in [7, 11) is 1.70. The first-order valence-corrected chi connectivity index (χ1v) is 12.3. The summed E-state index contributed by atoms with van der Waals surface area (Å²) in [4.78, 5) is 33.7. The molecule has 1 saturated heterocycles. The number of anilines is 1. The average Bonchev–Trinajstić information content (AvgIpc) is 3.10. The van der Waals surface area contributed by atoms with Crippen molar-refractivity contribution in [3.63, 3.8) is 0 Å². The summed E-state index contributed by atoms with van der Waals surface area (Å²) >= 11 is 1.31. The second kappa shape index (κ2) is 11.7. The first kappa shape index (κ1) is 25.4. The molecule has 0 saturated carbocycles. The molecule has 7 nitrogen and oxygen atoms in total. The van der Waals surface area contributed by atoms with Crippen LogP contribution in [0, 0.1) is 0 Å². The van der Waals surface area contributed by atoms with Gasteiger partial charge in [-0.05, 0) is 81.9 Å². The molecule has 0 unspecified atom stereocenters. The summed E-state index contributed by atoms with van der Waals surface area (Å²) in [5, 5.41) is 0.567. The van der Waals surface area contributed by atoms with Crippen LogP contribution in [0.4, 0.5) is 11.4 Å². The molecule has 0 atom stereocenters. The molecule has 8 heteroatoms. The quantitative estimate of drug-likeness (QED) is 0.356. The Bertz CT molecular complexity index is 1090. The Morgan fingerprint density at radius 1 is 1.06 bits per heavy atom. The summed E-state index contributed by atoms with van der Waals surface area (Å²) in [5.74, 6) is 0.254. The molecule has 0 N–H and O–H groups in total. The Balaban J connectivity index is 1.86. The second-order valence-electron chi connectivity index (χ2n) is 7.46. The van der Waals surface area contributed by atoms with Gasteiger partial charge in [-0.2, -0.15) is 0 Å². The lowest BCUT2D eigenvalue weighted by atomic mass is 10.1. The number of nitrogens with zero attached hydrogens (tertiary/aromatic N) is 3. The summed E-state index contributed by atoms with van der Waals surface area (Å²) < 4.78 is 10.9. The topological polar surface area (TPSA) is 71.4 Å². The van der Waals surface area contributed by atoms with E-state index in [1.54, 1.807) is 38.2 Å². The Labute approximate surface area is 205 Å². The number of hydrogen-bond donors (Lipinski definition) is 0. The minimum Gasteiger partial charge on any atom is -0.493 e. The van der Waals surface area contributed by atoms with E-state index >= 15 is 0 Å².